The molecule has 0 amide bonds. The molecule has 0 aliphatic heterocycles. The van der Waals surface area contributed by atoms with Crippen LogP contribution in [0.25, 0.3) is 0 Å². The smallest absolute Gasteiger partial charge is 0.488 e. The standard InChI is InChI=1S/C12H12BNO3/c15-13(16)11-3-1-10(2-4-11)9-17-12-5-7-14-8-6-12/h1-8,15-16H,9H2. The van der Waals surface area contributed by atoms with Gasteiger partial charge in [0.25, 0.3) is 0 Å². The Morgan fingerprint density at radius 1 is 1.00 bits per heavy atom. The fourth-order valence-corrected chi connectivity index (χ4v) is 1.39. The van der Waals surface area contributed by atoms with Crippen LogP contribution >= 0.6 is 0 Å². The van der Waals surface area contributed by atoms with Crippen LogP contribution < -0.4 is 10.2 Å². The average Bonchev–Trinajstić information content (AvgIpc) is 2.38. The van der Waals surface area contributed by atoms with Crippen molar-refractivity contribution < 1.29 is 14.8 Å². The van der Waals surface area contributed by atoms with Gasteiger partial charge in [-0.15, -0.1) is 0 Å². The molecule has 5 heteroatoms. The summed E-state index contributed by atoms with van der Waals surface area (Å²) in [5.41, 5.74) is 1.43. The normalized spacial score (nSPS) is 10.0. The van der Waals surface area contributed by atoms with E-state index in [2.05, 4.69) is 4.98 Å². The van der Waals surface area contributed by atoms with E-state index in [9.17, 15) is 0 Å². The Morgan fingerprint density at radius 2 is 1.65 bits per heavy atom. The summed E-state index contributed by atoms with van der Waals surface area (Å²) in [6.45, 7) is 0.436. The molecule has 1 aromatic carbocycles. The van der Waals surface area contributed by atoms with Crippen molar-refractivity contribution in [1.29, 1.82) is 0 Å². The monoisotopic (exact) mass is 229 g/mol. The predicted molar refractivity (Wildman–Crippen MR) is 64.8 cm³/mol. The lowest BCUT2D eigenvalue weighted by molar-refractivity contribution is 0.306. The Hall–Kier alpha value is -1.85. The fourth-order valence-electron chi connectivity index (χ4n) is 1.39. The Labute approximate surface area is 99.7 Å². The third kappa shape index (κ3) is 3.30. The summed E-state index contributed by atoms with van der Waals surface area (Å²) in [7, 11) is -1.43. The molecule has 0 radical (unpaired) electrons. The van der Waals surface area contributed by atoms with E-state index in [1.807, 2.05) is 0 Å². The molecule has 2 N–H and O–H groups in total. The highest BCUT2D eigenvalue weighted by atomic mass is 16.5. The van der Waals surface area contributed by atoms with Gasteiger partial charge in [0, 0.05) is 12.4 Å². The maximum atomic E-state index is 8.94. The number of rotatable bonds is 4. The second-order valence-corrected chi connectivity index (χ2v) is 3.59. The zero-order chi connectivity index (χ0) is 12.1. The average molecular weight is 229 g/mol. The van der Waals surface area contributed by atoms with Gasteiger partial charge in [0.05, 0.1) is 0 Å². The molecule has 0 atom stereocenters. The van der Waals surface area contributed by atoms with Crippen LogP contribution in [0.5, 0.6) is 5.75 Å². The molecule has 4 nitrogen and oxygen atoms in total. The second kappa shape index (κ2) is 5.47. The lowest BCUT2D eigenvalue weighted by Gasteiger charge is -2.06. The first-order chi connectivity index (χ1) is 8.25. The number of hydrogen-bond donors (Lipinski definition) is 2. The summed E-state index contributed by atoms with van der Waals surface area (Å²) in [5.74, 6) is 0.756. The molecule has 1 heterocycles. The van der Waals surface area contributed by atoms with Gasteiger partial charge in [-0.05, 0) is 23.2 Å². The molecule has 0 spiro atoms. The molecule has 0 bridgehead atoms. The van der Waals surface area contributed by atoms with Crippen molar-refractivity contribution in [1.82, 2.24) is 4.98 Å². The van der Waals surface area contributed by atoms with Crippen molar-refractivity contribution in [3.05, 3.63) is 54.4 Å². The number of pyridine rings is 1. The highest BCUT2D eigenvalue weighted by molar-refractivity contribution is 6.58. The van der Waals surface area contributed by atoms with Crippen molar-refractivity contribution >= 4 is 12.6 Å². The predicted octanol–water partition coefficient (Wildman–Crippen LogP) is 0.340. The molecule has 2 rings (SSSR count). The lowest BCUT2D eigenvalue weighted by atomic mass is 9.80. The molecule has 17 heavy (non-hydrogen) atoms. The third-order valence-electron chi connectivity index (χ3n) is 2.33. The highest BCUT2D eigenvalue weighted by Crippen LogP contribution is 2.09. The third-order valence-corrected chi connectivity index (χ3v) is 2.33. The van der Waals surface area contributed by atoms with E-state index in [1.54, 1.807) is 48.8 Å². The number of nitrogens with zero attached hydrogens (tertiary/aromatic N) is 1. The zero-order valence-corrected chi connectivity index (χ0v) is 9.15. The first kappa shape index (κ1) is 11.6. The van der Waals surface area contributed by atoms with Crippen LogP contribution in [0.3, 0.4) is 0 Å². The summed E-state index contributed by atoms with van der Waals surface area (Å²) < 4.78 is 5.53. The van der Waals surface area contributed by atoms with E-state index in [-0.39, 0.29) is 0 Å². The van der Waals surface area contributed by atoms with Gasteiger partial charge >= 0.3 is 7.12 Å². The first-order valence-corrected chi connectivity index (χ1v) is 5.23. The minimum Gasteiger partial charge on any atom is -0.489 e. The minimum atomic E-state index is -1.43. The summed E-state index contributed by atoms with van der Waals surface area (Å²) >= 11 is 0. The van der Waals surface area contributed by atoms with Gasteiger partial charge in [-0.2, -0.15) is 0 Å². The van der Waals surface area contributed by atoms with E-state index in [1.165, 1.54) is 0 Å². The quantitative estimate of drug-likeness (QED) is 0.742. The van der Waals surface area contributed by atoms with E-state index in [0.29, 0.717) is 12.1 Å². The van der Waals surface area contributed by atoms with Crippen LogP contribution in [0.4, 0.5) is 0 Å². The summed E-state index contributed by atoms with van der Waals surface area (Å²) in [6, 6.07) is 10.5. The minimum absolute atomic E-state index is 0.436. The molecule has 2 aromatic rings. The molecule has 0 fully saturated rings. The number of ether oxygens (including phenoxy) is 1. The Balaban J connectivity index is 1.96. The SMILES string of the molecule is OB(O)c1ccc(COc2ccncc2)cc1. The number of benzene rings is 1. The van der Waals surface area contributed by atoms with Crippen molar-refractivity contribution in [2.45, 2.75) is 6.61 Å². The largest absolute Gasteiger partial charge is 0.489 e. The van der Waals surface area contributed by atoms with E-state index in [4.69, 9.17) is 14.8 Å². The van der Waals surface area contributed by atoms with Crippen LogP contribution in [-0.2, 0) is 6.61 Å². The van der Waals surface area contributed by atoms with Gasteiger partial charge in [-0.3, -0.25) is 4.98 Å². The van der Waals surface area contributed by atoms with Gasteiger partial charge < -0.3 is 14.8 Å². The van der Waals surface area contributed by atoms with Crippen molar-refractivity contribution in [2.24, 2.45) is 0 Å². The Morgan fingerprint density at radius 3 is 2.24 bits per heavy atom. The van der Waals surface area contributed by atoms with Crippen LogP contribution in [0.15, 0.2) is 48.8 Å². The Bertz CT molecular complexity index is 459. The van der Waals surface area contributed by atoms with Crippen LogP contribution in [-0.4, -0.2) is 22.2 Å². The lowest BCUT2D eigenvalue weighted by Crippen LogP contribution is -2.29. The van der Waals surface area contributed by atoms with Gasteiger partial charge in [0.1, 0.15) is 12.4 Å². The fraction of sp³-hybridized carbons (Fsp3) is 0.0833. The maximum absolute atomic E-state index is 8.94. The van der Waals surface area contributed by atoms with E-state index >= 15 is 0 Å². The van der Waals surface area contributed by atoms with Gasteiger partial charge in [0.2, 0.25) is 0 Å². The van der Waals surface area contributed by atoms with Crippen molar-refractivity contribution in [3.63, 3.8) is 0 Å². The van der Waals surface area contributed by atoms with Crippen molar-refractivity contribution in [3.8, 4) is 5.75 Å². The maximum Gasteiger partial charge on any atom is 0.488 e. The van der Waals surface area contributed by atoms with E-state index in [0.717, 1.165) is 11.3 Å². The van der Waals surface area contributed by atoms with Crippen LogP contribution in [0, 0.1) is 0 Å². The van der Waals surface area contributed by atoms with E-state index < -0.39 is 7.12 Å². The van der Waals surface area contributed by atoms with Gasteiger partial charge in [0.15, 0.2) is 0 Å². The summed E-state index contributed by atoms with van der Waals surface area (Å²) in [5, 5.41) is 17.9. The molecule has 0 saturated carbocycles. The molecule has 0 aliphatic rings. The first-order valence-electron chi connectivity index (χ1n) is 5.23. The molecular formula is C12H12BNO3. The molecular weight excluding hydrogens is 217 g/mol. The van der Waals surface area contributed by atoms with Crippen molar-refractivity contribution in [2.75, 3.05) is 0 Å². The molecule has 0 aliphatic carbocycles. The van der Waals surface area contributed by atoms with Crippen LogP contribution in [0.2, 0.25) is 0 Å². The molecule has 0 saturated heterocycles. The topological polar surface area (TPSA) is 62.6 Å². The zero-order valence-electron chi connectivity index (χ0n) is 9.15. The molecule has 1 aromatic heterocycles. The van der Waals surface area contributed by atoms with Gasteiger partial charge in [-0.1, -0.05) is 24.3 Å². The Kier molecular flexibility index (Phi) is 3.75. The second-order valence-electron chi connectivity index (χ2n) is 3.59. The summed E-state index contributed by atoms with van der Waals surface area (Å²) in [4.78, 5) is 3.90. The molecule has 0 unspecified atom stereocenters. The number of aromatic nitrogens is 1. The van der Waals surface area contributed by atoms with Gasteiger partial charge in [-0.25, -0.2) is 0 Å². The van der Waals surface area contributed by atoms with Crippen LogP contribution in [0.1, 0.15) is 5.56 Å². The summed E-state index contributed by atoms with van der Waals surface area (Å²) in [6.07, 6.45) is 3.33. The number of hydrogen-bond acceptors (Lipinski definition) is 4. The highest BCUT2D eigenvalue weighted by Gasteiger charge is 2.09. The molecule has 86 valence electrons.